The minimum absolute atomic E-state index is 0.0231. The standard InChI is InChI=1S/C9H12FNO3S.C8H8FNO4S/c1-9(2,12)7-4-3-6(5-8(7)10)15(11,13)14;1-14-8(11)6-3-2-5(4-7(6)9)15(10,12)13/h3-5,12H,1-2H3,(H2,11,13,14);2-4H,1H3,(H2,10,12,13). The van der Waals surface area contributed by atoms with Crippen LogP contribution in [0.1, 0.15) is 29.8 Å². The zero-order chi connectivity index (χ0) is 23.5. The number of rotatable bonds is 4. The molecule has 0 amide bonds. The molecule has 0 saturated carbocycles. The molecule has 2 aromatic rings. The van der Waals surface area contributed by atoms with Crippen LogP contribution in [0.3, 0.4) is 0 Å². The second kappa shape index (κ2) is 9.14. The highest BCUT2D eigenvalue weighted by molar-refractivity contribution is 7.89. The van der Waals surface area contributed by atoms with Gasteiger partial charge in [0.2, 0.25) is 20.0 Å². The zero-order valence-corrected chi connectivity index (χ0v) is 17.7. The van der Waals surface area contributed by atoms with Gasteiger partial charge in [-0.05, 0) is 44.2 Å². The molecule has 9 nitrogen and oxygen atoms in total. The maximum absolute atomic E-state index is 13.4. The Morgan fingerprint density at radius 1 is 0.933 bits per heavy atom. The van der Waals surface area contributed by atoms with Crippen LogP contribution in [0.15, 0.2) is 46.2 Å². The summed E-state index contributed by atoms with van der Waals surface area (Å²) in [6.45, 7) is 2.81. The molecule has 0 saturated heterocycles. The largest absolute Gasteiger partial charge is 0.465 e. The Morgan fingerprint density at radius 2 is 1.37 bits per heavy atom. The lowest BCUT2D eigenvalue weighted by Crippen LogP contribution is -2.19. The van der Waals surface area contributed by atoms with Crippen molar-refractivity contribution >= 4 is 26.0 Å². The third-order valence-electron chi connectivity index (χ3n) is 3.60. The van der Waals surface area contributed by atoms with Crippen LogP contribution in [0.5, 0.6) is 0 Å². The van der Waals surface area contributed by atoms with Crippen molar-refractivity contribution in [2.45, 2.75) is 29.2 Å². The lowest BCUT2D eigenvalue weighted by atomic mass is 9.98. The van der Waals surface area contributed by atoms with Crippen molar-refractivity contribution in [3.63, 3.8) is 0 Å². The molecule has 0 spiro atoms. The van der Waals surface area contributed by atoms with Crippen molar-refractivity contribution < 1.29 is 40.3 Å². The summed E-state index contributed by atoms with van der Waals surface area (Å²) in [4.78, 5) is 10.2. The van der Waals surface area contributed by atoms with E-state index in [0.717, 1.165) is 31.4 Å². The Hall–Kier alpha value is -2.45. The van der Waals surface area contributed by atoms with E-state index < -0.39 is 48.1 Å². The van der Waals surface area contributed by atoms with Crippen LogP contribution in [0.2, 0.25) is 0 Å². The number of ether oxygens (including phenoxy) is 1. The molecule has 0 unspecified atom stereocenters. The number of sulfonamides is 2. The van der Waals surface area contributed by atoms with E-state index in [1.807, 2.05) is 0 Å². The van der Waals surface area contributed by atoms with Crippen LogP contribution in [-0.4, -0.2) is 35.0 Å². The van der Waals surface area contributed by atoms with Crippen LogP contribution in [0.4, 0.5) is 8.78 Å². The van der Waals surface area contributed by atoms with Crippen molar-refractivity contribution in [1.82, 2.24) is 0 Å². The molecule has 30 heavy (non-hydrogen) atoms. The fourth-order valence-electron chi connectivity index (χ4n) is 2.12. The number of benzene rings is 2. The predicted molar refractivity (Wildman–Crippen MR) is 102 cm³/mol. The summed E-state index contributed by atoms with van der Waals surface area (Å²) in [5, 5.41) is 19.1. The molecule has 5 N–H and O–H groups in total. The van der Waals surface area contributed by atoms with Crippen molar-refractivity contribution in [2.75, 3.05) is 7.11 Å². The average molecular weight is 466 g/mol. The highest BCUT2D eigenvalue weighted by Crippen LogP contribution is 2.24. The number of methoxy groups -OCH3 is 1. The number of hydrogen-bond donors (Lipinski definition) is 3. The van der Waals surface area contributed by atoms with Gasteiger partial charge in [-0.1, -0.05) is 6.07 Å². The SMILES string of the molecule is CC(C)(O)c1ccc(S(N)(=O)=O)cc1F.COC(=O)c1ccc(S(N)(=O)=O)cc1F. The summed E-state index contributed by atoms with van der Waals surface area (Å²) < 4.78 is 74.3. The zero-order valence-electron chi connectivity index (χ0n) is 16.1. The van der Waals surface area contributed by atoms with Crippen LogP contribution < -0.4 is 10.3 Å². The first-order valence-electron chi connectivity index (χ1n) is 7.94. The maximum Gasteiger partial charge on any atom is 0.340 e. The minimum atomic E-state index is -3.97. The number of esters is 1. The first-order valence-corrected chi connectivity index (χ1v) is 11.0. The van der Waals surface area contributed by atoms with Crippen molar-refractivity contribution in [3.05, 3.63) is 59.2 Å². The molecule has 0 radical (unpaired) electrons. The predicted octanol–water partition coefficient (Wildman–Crippen LogP) is 0.960. The highest BCUT2D eigenvalue weighted by Gasteiger charge is 2.22. The molecule has 0 aliphatic rings. The first kappa shape index (κ1) is 25.6. The second-order valence-corrected chi connectivity index (χ2v) is 9.55. The Morgan fingerprint density at radius 3 is 1.70 bits per heavy atom. The molecule has 0 aromatic heterocycles. The summed E-state index contributed by atoms with van der Waals surface area (Å²) in [7, 11) is -6.78. The van der Waals surface area contributed by atoms with Gasteiger partial charge in [0.15, 0.2) is 0 Å². The molecule has 0 heterocycles. The van der Waals surface area contributed by atoms with Crippen LogP contribution in [-0.2, 0) is 30.4 Å². The molecule has 0 aliphatic heterocycles. The maximum atomic E-state index is 13.4. The summed E-state index contributed by atoms with van der Waals surface area (Å²) in [6, 6.07) is 5.86. The number of aliphatic hydroxyl groups is 1. The Bertz CT molecular complexity index is 1160. The normalized spacial score (nSPS) is 12.0. The fourth-order valence-corrected chi connectivity index (χ4v) is 3.17. The molecule has 0 fully saturated rings. The average Bonchev–Trinajstić information content (AvgIpc) is 2.58. The summed E-state index contributed by atoms with van der Waals surface area (Å²) in [5.74, 6) is -2.67. The monoisotopic (exact) mass is 466 g/mol. The lowest BCUT2D eigenvalue weighted by molar-refractivity contribution is 0.0595. The number of hydrogen-bond acceptors (Lipinski definition) is 7. The van der Waals surface area contributed by atoms with Crippen LogP contribution in [0, 0.1) is 11.6 Å². The molecule has 0 aliphatic carbocycles. The van der Waals surface area contributed by atoms with E-state index in [0.29, 0.717) is 6.07 Å². The van der Waals surface area contributed by atoms with E-state index >= 15 is 0 Å². The molecular weight excluding hydrogens is 446 g/mol. The summed E-state index contributed by atoms with van der Waals surface area (Å²) in [5.41, 5.74) is -1.68. The van der Waals surface area contributed by atoms with Crippen LogP contribution in [0.25, 0.3) is 0 Å². The van der Waals surface area contributed by atoms with Crippen molar-refractivity contribution in [1.29, 1.82) is 0 Å². The minimum Gasteiger partial charge on any atom is -0.465 e. The van der Waals surface area contributed by atoms with Gasteiger partial charge in [0.1, 0.15) is 11.6 Å². The van der Waals surface area contributed by atoms with Gasteiger partial charge in [-0.15, -0.1) is 0 Å². The number of carbonyl (C=O) groups is 1. The van der Waals surface area contributed by atoms with Gasteiger partial charge in [0.05, 0.1) is 28.1 Å². The first-order chi connectivity index (χ1) is 13.5. The Labute approximate surface area is 172 Å². The van der Waals surface area contributed by atoms with E-state index in [9.17, 15) is 35.5 Å². The van der Waals surface area contributed by atoms with E-state index in [1.165, 1.54) is 19.9 Å². The van der Waals surface area contributed by atoms with Crippen molar-refractivity contribution in [3.8, 4) is 0 Å². The van der Waals surface area contributed by atoms with E-state index in [1.54, 1.807) is 0 Å². The van der Waals surface area contributed by atoms with Crippen LogP contribution >= 0.6 is 0 Å². The second-order valence-electron chi connectivity index (χ2n) is 6.42. The third kappa shape index (κ3) is 6.81. The lowest BCUT2D eigenvalue weighted by Gasteiger charge is -2.18. The third-order valence-corrected chi connectivity index (χ3v) is 5.42. The number of primary sulfonamides is 2. The van der Waals surface area contributed by atoms with Gasteiger partial charge in [0.25, 0.3) is 0 Å². The Balaban J connectivity index is 0.000000300. The van der Waals surface area contributed by atoms with Gasteiger partial charge >= 0.3 is 5.97 Å². The van der Waals surface area contributed by atoms with Gasteiger partial charge in [-0.2, -0.15) is 0 Å². The topological polar surface area (TPSA) is 167 Å². The van der Waals surface area contributed by atoms with Gasteiger partial charge in [0, 0.05) is 5.56 Å². The quantitative estimate of drug-likeness (QED) is 0.564. The number of halogens is 2. The van der Waals surface area contributed by atoms with Gasteiger partial charge in [-0.3, -0.25) is 0 Å². The number of nitrogens with two attached hydrogens (primary N) is 2. The van der Waals surface area contributed by atoms with Gasteiger partial charge in [-0.25, -0.2) is 40.7 Å². The highest BCUT2D eigenvalue weighted by atomic mass is 32.2. The fraction of sp³-hybridized carbons (Fsp3) is 0.235. The van der Waals surface area contributed by atoms with E-state index in [2.05, 4.69) is 4.74 Å². The summed E-state index contributed by atoms with van der Waals surface area (Å²) >= 11 is 0. The van der Waals surface area contributed by atoms with Gasteiger partial charge < -0.3 is 9.84 Å². The van der Waals surface area contributed by atoms with E-state index in [-0.39, 0.29) is 16.0 Å². The van der Waals surface area contributed by atoms with Crippen molar-refractivity contribution in [2.24, 2.45) is 10.3 Å². The Kier molecular flexibility index (Phi) is 7.79. The summed E-state index contributed by atoms with van der Waals surface area (Å²) in [6.07, 6.45) is 0. The smallest absolute Gasteiger partial charge is 0.340 e. The molecule has 2 rings (SSSR count). The molecule has 13 heteroatoms. The molecule has 166 valence electrons. The molecule has 2 aromatic carbocycles. The molecule has 0 bridgehead atoms. The molecular formula is C17H20F2N2O7S2. The van der Waals surface area contributed by atoms with E-state index in [4.69, 9.17) is 10.3 Å². The number of carbonyl (C=O) groups excluding carboxylic acids is 1. The molecule has 0 atom stereocenters.